The van der Waals surface area contributed by atoms with Crippen molar-refractivity contribution in [2.24, 2.45) is 0 Å². The molecule has 0 saturated carbocycles. The summed E-state index contributed by atoms with van der Waals surface area (Å²) in [4.78, 5) is 2.26. The van der Waals surface area contributed by atoms with Crippen LogP contribution in [0.15, 0.2) is 6.07 Å². The van der Waals surface area contributed by atoms with Gasteiger partial charge in [-0.3, -0.25) is 0 Å². The van der Waals surface area contributed by atoms with Crippen LogP contribution in [0.1, 0.15) is 12.8 Å². The van der Waals surface area contributed by atoms with Crippen LogP contribution in [-0.4, -0.2) is 35.4 Å². The van der Waals surface area contributed by atoms with Gasteiger partial charge in [0.15, 0.2) is 11.0 Å². The highest BCUT2D eigenvalue weighted by atomic mass is 35.5. The Balaban J connectivity index is 1.89. The predicted molar refractivity (Wildman–Crippen MR) is 63.6 cm³/mol. The van der Waals surface area contributed by atoms with Crippen LogP contribution < -0.4 is 16.0 Å². The van der Waals surface area contributed by atoms with Gasteiger partial charge in [-0.05, 0) is 12.8 Å². The lowest BCUT2D eigenvalue weighted by molar-refractivity contribution is 0.466. The minimum atomic E-state index is 0.398. The molecule has 0 spiro atoms. The molecule has 3 heterocycles. The molecule has 2 aliphatic heterocycles. The van der Waals surface area contributed by atoms with Crippen molar-refractivity contribution in [1.29, 1.82) is 0 Å². The summed E-state index contributed by atoms with van der Waals surface area (Å²) >= 11 is 5.85. The summed E-state index contributed by atoms with van der Waals surface area (Å²) in [6.07, 6.45) is 2.49. The molecule has 6 heteroatoms. The molecule has 2 aliphatic rings. The topological polar surface area (TPSA) is 67.1 Å². The third-order valence-electron chi connectivity index (χ3n) is 3.33. The van der Waals surface area contributed by atoms with Gasteiger partial charge in [0.05, 0.1) is 5.69 Å². The Kier molecular flexibility index (Phi) is 2.37. The molecule has 2 bridgehead atoms. The van der Waals surface area contributed by atoms with E-state index < -0.39 is 0 Å². The molecule has 2 saturated heterocycles. The zero-order valence-electron chi connectivity index (χ0n) is 8.86. The number of nitrogens with two attached hydrogens (primary N) is 1. The van der Waals surface area contributed by atoms with Crippen LogP contribution in [0.2, 0.25) is 5.15 Å². The van der Waals surface area contributed by atoms with Crippen molar-refractivity contribution in [2.45, 2.75) is 24.9 Å². The molecular formula is C10H14ClN5. The summed E-state index contributed by atoms with van der Waals surface area (Å²) in [7, 11) is 0. The Bertz CT molecular complexity index is 398. The van der Waals surface area contributed by atoms with Crippen molar-refractivity contribution in [1.82, 2.24) is 15.5 Å². The molecule has 3 rings (SSSR count). The SMILES string of the molecule is Nc1nnc(Cl)cc1N1C[C@H]2CC[C@@H](C1)N2. The van der Waals surface area contributed by atoms with Gasteiger partial charge in [0.2, 0.25) is 0 Å². The smallest absolute Gasteiger partial charge is 0.169 e. The first-order valence-electron chi connectivity index (χ1n) is 5.52. The number of halogens is 1. The van der Waals surface area contributed by atoms with Gasteiger partial charge in [0.1, 0.15) is 0 Å². The maximum absolute atomic E-state index is 5.85. The van der Waals surface area contributed by atoms with Crippen molar-refractivity contribution in [3.63, 3.8) is 0 Å². The second-order valence-electron chi connectivity index (χ2n) is 4.48. The van der Waals surface area contributed by atoms with E-state index in [4.69, 9.17) is 17.3 Å². The van der Waals surface area contributed by atoms with E-state index in [9.17, 15) is 0 Å². The predicted octanol–water partition coefficient (Wildman–Crippen LogP) is 0.653. The fourth-order valence-corrected chi connectivity index (χ4v) is 2.76. The molecule has 16 heavy (non-hydrogen) atoms. The van der Waals surface area contributed by atoms with Gasteiger partial charge in [0, 0.05) is 31.2 Å². The fourth-order valence-electron chi connectivity index (χ4n) is 2.62. The highest BCUT2D eigenvalue weighted by Crippen LogP contribution is 2.29. The average molecular weight is 240 g/mol. The van der Waals surface area contributed by atoms with Crippen molar-refractivity contribution < 1.29 is 0 Å². The Morgan fingerprint density at radius 3 is 2.69 bits per heavy atom. The van der Waals surface area contributed by atoms with Crippen LogP contribution in [0.25, 0.3) is 0 Å². The third-order valence-corrected chi connectivity index (χ3v) is 3.51. The van der Waals surface area contributed by atoms with E-state index in [1.54, 1.807) is 6.07 Å². The van der Waals surface area contributed by atoms with Crippen molar-refractivity contribution >= 4 is 23.1 Å². The van der Waals surface area contributed by atoms with Gasteiger partial charge in [-0.15, -0.1) is 10.2 Å². The Morgan fingerprint density at radius 1 is 1.31 bits per heavy atom. The average Bonchev–Trinajstić information content (AvgIpc) is 2.61. The first kappa shape index (κ1) is 10.1. The molecule has 1 aromatic heterocycles. The fraction of sp³-hybridized carbons (Fsp3) is 0.600. The molecule has 2 fully saturated rings. The van der Waals surface area contributed by atoms with Crippen LogP contribution in [0, 0.1) is 0 Å². The lowest BCUT2D eigenvalue weighted by Gasteiger charge is -2.34. The number of piperazine rings is 1. The second kappa shape index (κ2) is 3.75. The van der Waals surface area contributed by atoms with E-state index in [2.05, 4.69) is 20.4 Å². The number of nitrogens with one attached hydrogen (secondary N) is 1. The van der Waals surface area contributed by atoms with Crippen molar-refractivity contribution in [3.05, 3.63) is 11.2 Å². The van der Waals surface area contributed by atoms with Crippen molar-refractivity contribution in [2.75, 3.05) is 23.7 Å². The quantitative estimate of drug-likeness (QED) is 0.754. The van der Waals surface area contributed by atoms with E-state index in [1.807, 2.05) is 0 Å². The molecular weight excluding hydrogens is 226 g/mol. The van der Waals surface area contributed by atoms with Crippen LogP contribution >= 0.6 is 11.6 Å². The van der Waals surface area contributed by atoms with Gasteiger partial charge in [-0.2, -0.15) is 0 Å². The lowest BCUT2D eigenvalue weighted by Crippen LogP contribution is -2.51. The van der Waals surface area contributed by atoms with Crippen LogP contribution in [-0.2, 0) is 0 Å². The Labute approximate surface area is 99.0 Å². The highest BCUT2D eigenvalue weighted by Gasteiger charge is 2.33. The Morgan fingerprint density at radius 2 is 2.00 bits per heavy atom. The number of nitrogens with zero attached hydrogens (tertiary/aromatic N) is 3. The number of hydrogen-bond acceptors (Lipinski definition) is 5. The van der Waals surface area contributed by atoms with Gasteiger partial charge in [-0.1, -0.05) is 11.6 Å². The van der Waals surface area contributed by atoms with E-state index in [0.29, 0.717) is 23.1 Å². The molecule has 0 radical (unpaired) electrons. The summed E-state index contributed by atoms with van der Waals surface area (Å²) in [5, 5.41) is 11.6. The van der Waals surface area contributed by atoms with Gasteiger partial charge in [0.25, 0.3) is 0 Å². The molecule has 0 amide bonds. The normalized spacial score (nSPS) is 28.4. The van der Waals surface area contributed by atoms with Crippen molar-refractivity contribution in [3.8, 4) is 0 Å². The number of anilines is 2. The van der Waals surface area contributed by atoms with E-state index >= 15 is 0 Å². The lowest BCUT2D eigenvalue weighted by atomic mass is 10.2. The zero-order chi connectivity index (χ0) is 11.1. The first-order chi connectivity index (χ1) is 7.72. The molecule has 5 nitrogen and oxygen atoms in total. The third kappa shape index (κ3) is 1.70. The number of rotatable bonds is 1. The minimum absolute atomic E-state index is 0.398. The summed E-state index contributed by atoms with van der Waals surface area (Å²) in [5.41, 5.74) is 6.75. The molecule has 86 valence electrons. The standard InChI is InChI=1S/C10H14ClN5/c11-9-3-8(10(12)15-14-9)16-4-6-1-2-7(5-16)13-6/h3,6-7,13H,1-2,4-5H2,(H2,12,15)/t6-,7+. The van der Waals surface area contributed by atoms with Crippen LogP contribution in [0.3, 0.4) is 0 Å². The maximum Gasteiger partial charge on any atom is 0.169 e. The summed E-state index contributed by atoms with van der Waals surface area (Å²) < 4.78 is 0. The second-order valence-corrected chi connectivity index (χ2v) is 4.87. The van der Waals surface area contributed by atoms with Gasteiger partial charge in [-0.25, -0.2) is 0 Å². The van der Waals surface area contributed by atoms with Gasteiger partial charge < -0.3 is 16.0 Å². The largest absolute Gasteiger partial charge is 0.380 e. The Hall–Kier alpha value is -1.07. The summed E-state index contributed by atoms with van der Waals surface area (Å²) in [6, 6.07) is 2.95. The number of nitrogen functional groups attached to an aromatic ring is 1. The number of fused-ring (bicyclic) bond motifs is 2. The number of aromatic nitrogens is 2. The molecule has 0 aromatic carbocycles. The van der Waals surface area contributed by atoms with Crippen LogP contribution in [0.4, 0.5) is 11.5 Å². The molecule has 1 aromatic rings. The van der Waals surface area contributed by atoms with E-state index in [-0.39, 0.29) is 0 Å². The first-order valence-corrected chi connectivity index (χ1v) is 5.90. The molecule has 0 unspecified atom stereocenters. The molecule has 0 aliphatic carbocycles. The van der Waals surface area contributed by atoms with E-state index in [1.165, 1.54) is 12.8 Å². The summed E-state index contributed by atoms with van der Waals surface area (Å²) in [5.74, 6) is 0.464. The monoisotopic (exact) mass is 239 g/mol. The maximum atomic E-state index is 5.85. The van der Waals surface area contributed by atoms with Gasteiger partial charge >= 0.3 is 0 Å². The highest BCUT2D eigenvalue weighted by molar-refractivity contribution is 6.29. The zero-order valence-corrected chi connectivity index (χ0v) is 9.61. The minimum Gasteiger partial charge on any atom is -0.380 e. The molecule has 2 atom stereocenters. The van der Waals surface area contributed by atoms with E-state index in [0.717, 1.165) is 18.8 Å². The molecule has 3 N–H and O–H groups in total. The van der Waals surface area contributed by atoms with Crippen LogP contribution in [0.5, 0.6) is 0 Å². The number of hydrogen-bond donors (Lipinski definition) is 2. The summed E-state index contributed by atoms with van der Waals surface area (Å²) in [6.45, 7) is 1.95.